The molecule has 0 saturated heterocycles. The highest BCUT2D eigenvalue weighted by atomic mass is 32.2. The lowest BCUT2D eigenvalue weighted by atomic mass is 10.2. The van der Waals surface area contributed by atoms with E-state index in [4.69, 9.17) is 15.5 Å². The number of sulfonamides is 1. The number of fused-ring (bicyclic) bond motifs is 3. The lowest BCUT2D eigenvalue weighted by molar-refractivity contribution is 0.131. The van der Waals surface area contributed by atoms with Crippen LogP contribution in [0.5, 0.6) is 0 Å². The summed E-state index contributed by atoms with van der Waals surface area (Å²) in [7, 11) is -3.41. The second-order valence-corrected chi connectivity index (χ2v) is 10.1. The van der Waals surface area contributed by atoms with Crippen LogP contribution in [0.25, 0.3) is 21.9 Å². The van der Waals surface area contributed by atoms with Crippen LogP contribution >= 0.6 is 0 Å². The Labute approximate surface area is 200 Å². The van der Waals surface area contributed by atoms with Gasteiger partial charge in [0.05, 0.1) is 30.0 Å². The van der Waals surface area contributed by atoms with Crippen molar-refractivity contribution < 1.29 is 13.2 Å². The van der Waals surface area contributed by atoms with Crippen molar-refractivity contribution in [3.63, 3.8) is 0 Å². The molecule has 9 heteroatoms. The van der Waals surface area contributed by atoms with Gasteiger partial charge in [0, 0.05) is 24.9 Å². The molecule has 0 bridgehead atoms. The first-order valence-electron chi connectivity index (χ1n) is 11.6. The van der Waals surface area contributed by atoms with Crippen molar-refractivity contribution in [2.45, 2.75) is 38.5 Å². The number of nitrogens with zero attached hydrogens (tertiary/aromatic N) is 3. The number of nitrogens with one attached hydrogen (secondary N) is 1. The molecule has 2 aromatic carbocycles. The molecule has 3 N–H and O–H groups in total. The molecule has 0 aliphatic rings. The van der Waals surface area contributed by atoms with Gasteiger partial charge < -0.3 is 15.0 Å². The van der Waals surface area contributed by atoms with Crippen LogP contribution in [0.3, 0.4) is 0 Å². The van der Waals surface area contributed by atoms with Crippen LogP contribution in [0, 0.1) is 0 Å². The topological polar surface area (TPSA) is 112 Å². The first kappa shape index (κ1) is 24.1. The number of hydrogen-bond donors (Lipinski definition) is 2. The summed E-state index contributed by atoms with van der Waals surface area (Å²) in [5.74, 6) is 1.35. The zero-order valence-electron chi connectivity index (χ0n) is 19.4. The van der Waals surface area contributed by atoms with Gasteiger partial charge in [0.15, 0.2) is 5.82 Å². The maximum absolute atomic E-state index is 12.3. The van der Waals surface area contributed by atoms with Crippen LogP contribution in [0.1, 0.15) is 31.2 Å². The van der Waals surface area contributed by atoms with E-state index < -0.39 is 10.0 Å². The predicted octanol–water partition coefficient (Wildman–Crippen LogP) is 3.65. The van der Waals surface area contributed by atoms with E-state index in [0.29, 0.717) is 19.0 Å². The van der Waals surface area contributed by atoms with Gasteiger partial charge in [-0.05, 0) is 18.1 Å². The lowest BCUT2D eigenvalue weighted by Gasteiger charge is -2.12. The Morgan fingerprint density at radius 2 is 1.79 bits per heavy atom. The molecular weight excluding hydrogens is 450 g/mol. The molecule has 0 amide bonds. The second-order valence-electron chi connectivity index (χ2n) is 8.25. The molecule has 0 saturated carbocycles. The maximum atomic E-state index is 12.3. The van der Waals surface area contributed by atoms with E-state index in [1.54, 1.807) is 12.1 Å². The van der Waals surface area contributed by atoms with Gasteiger partial charge in [-0.15, -0.1) is 0 Å². The lowest BCUT2D eigenvalue weighted by Crippen LogP contribution is -2.29. The van der Waals surface area contributed by atoms with Gasteiger partial charge in [0.1, 0.15) is 11.3 Å². The molecule has 2 aromatic heterocycles. The molecule has 180 valence electrons. The first-order valence-corrected chi connectivity index (χ1v) is 13.3. The molecule has 8 nitrogen and oxygen atoms in total. The van der Waals surface area contributed by atoms with Gasteiger partial charge in [0.2, 0.25) is 10.0 Å². The normalized spacial score (nSPS) is 12.0. The van der Waals surface area contributed by atoms with E-state index in [1.165, 1.54) is 0 Å². The van der Waals surface area contributed by atoms with E-state index in [9.17, 15) is 8.42 Å². The molecule has 0 unspecified atom stereocenters. The minimum absolute atomic E-state index is 0.0435. The summed E-state index contributed by atoms with van der Waals surface area (Å²) in [6, 6.07) is 17.0. The molecule has 0 aliphatic heterocycles. The fourth-order valence-corrected chi connectivity index (χ4v) is 5.17. The van der Waals surface area contributed by atoms with Crippen LogP contribution in [-0.4, -0.2) is 42.7 Å². The van der Waals surface area contributed by atoms with E-state index in [2.05, 4.69) is 21.2 Å². The van der Waals surface area contributed by atoms with Crippen molar-refractivity contribution >= 4 is 37.8 Å². The number of rotatable bonds is 12. The Morgan fingerprint density at radius 1 is 1.03 bits per heavy atom. The van der Waals surface area contributed by atoms with Gasteiger partial charge in [-0.1, -0.05) is 61.9 Å². The third-order valence-corrected chi connectivity index (χ3v) is 7.03. The average Bonchev–Trinajstić information content (AvgIpc) is 3.19. The number of para-hydroxylation sites is 1. The summed E-state index contributed by atoms with van der Waals surface area (Å²) < 4.78 is 35.1. The molecule has 0 fully saturated rings. The molecule has 0 aliphatic carbocycles. The Morgan fingerprint density at radius 3 is 2.59 bits per heavy atom. The summed E-state index contributed by atoms with van der Waals surface area (Å²) in [4.78, 5) is 9.33. The number of nitrogens with two attached hydrogens (primary N) is 1. The third-order valence-electron chi connectivity index (χ3n) is 5.67. The molecule has 2 heterocycles. The van der Waals surface area contributed by atoms with Crippen molar-refractivity contribution in [3.8, 4) is 0 Å². The predicted molar refractivity (Wildman–Crippen MR) is 136 cm³/mol. The number of unbranched alkanes of at least 4 members (excludes halogenated alkanes) is 1. The van der Waals surface area contributed by atoms with Gasteiger partial charge >= 0.3 is 0 Å². The molecule has 0 spiro atoms. The zero-order chi connectivity index (χ0) is 24.0. The van der Waals surface area contributed by atoms with Crippen molar-refractivity contribution in [2.75, 3.05) is 25.5 Å². The summed E-state index contributed by atoms with van der Waals surface area (Å²) in [6.45, 7) is 3.69. The van der Waals surface area contributed by atoms with Crippen LogP contribution in [0.15, 0.2) is 54.6 Å². The maximum Gasteiger partial charge on any atom is 0.215 e. The number of nitrogen functional groups attached to an aromatic ring is 1. The minimum atomic E-state index is -3.41. The highest BCUT2D eigenvalue weighted by molar-refractivity contribution is 7.88. The number of aryl methyl sites for hydroxylation is 1. The number of imidazole rings is 1. The number of hydrogen-bond acceptors (Lipinski definition) is 6. The largest absolute Gasteiger partial charge is 0.382 e. The summed E-state index contributed by atoms with van der Waals surface area (Å²) >= 11 is 0. The van der Waals surface area contributed by atoms with Gasteiger partial charge in [-0.25, -0.2) is 23.1 Å². The highest BCUT2D eigenvalue weighted by Crippen LogP contribution is 2.29. The molecule has 4 rings (SSSR count). The van der Waals surface area contributed by atoms with E-state index in [0.717, 1.165) is 52.6 Å². The number of benzene rings is 2. The van der Waals surface area contributed by atoms with Gasteiger partial charge in [0.25, 0.3) is 0 Å². The van der Waals surface area contributed by atoms with E-state index in [-0.39, 0.29) is 18.9 Å². The Kier molecular flexibility index (Phi) is 7.77. The Hall–Kier alpha value is -3.01. The van der Waals surface area contributed by atoms with Crippen molar-refractivity contribution in [1.82, 2.24) is 19.3 Å². The van der Waals surface area contributed by atoms with Crippen molar-refractivity contribution in [3.05, 3.63) is 66.0 Å². The van der Waals surface area contributed by atoms with Crippen molar-refractivity contribution in [1.29, 1.82) is 0 Å². The van der Waals surface area contributed by atoms with E-state index >= 15 is 0 Å². The smallest absolute Gasteiger partial charge is 0.215 e. The first-order chi connectivity index (χ1) is 16.5. The summed E-state index contributed by atoms with van der Waals surface area (Å²) in [5, 5.41) is 1.01. The Bertz CT molecular complexity index is 1350. The number of pyridine rings is 1. The summed E-state index contributed by atoms with van der Waals surface area (Å²) in [6.07, 6.45) is 2.94. The minimum Gasteiger partial charge on any atom is -0.382 e. The molecule has 4 aromatic rings. The van der Waals surface area contributed by atoms with Crippen LogP contribution in [-0.2, 0) is 33.5 Å². The van der Waals surface area contributed by atoms with E-state index in [1.807, 2.05) is 42.5 Å². The Balaban J connectivity index is 1.40. The zero-order valence-corrected chi connectivity index (χ0v) is 20.2. The van der Waals surface area contributed by atoms with Gasteiger partial charge in [-0.3, -0.25) is 0 Å². The third kappa shape index (κ3) is 5.72. The fourth-order valence-electron chi connectivity index (χ4n) is 4.04. The molecule has 0 atom stereocenters. The van der Waals surface area contributed by atoms with Gasteiger partial charge in [-0.2, -0.15) is 0 Å². The number of ether oxygens (including phenoxy) is 1. The number of anilines is 1. The van der Waals surface area contributed by atoms with Crippen LogP contribution in [0.4, 0.5) is 5.82 Å². The monoisotopic (exact) mass is 481 g/mol. The molecule has 0 radical (unpaired) electrons. The standard InChI is InChI=1S/C25H31N5O3S/c1-2-3-13-22-29-23-24(20-11-7-8-12-21(20)28-25(23)26)30(22)15-17-33-16-14-27-34(31,32)18-19-9-5-4-6-10-19/h4-12,27H,2-3,13-18H2,1H3,(H2,26,28). The van der Waals surface area contributed by atoms with Crippen molar-refractivity contribution in [2.24, 2.45) is 0 Å². The SMILES string of the molecule is CCCCc1nc2c(N)nc3ccccc3c2n1CCOCCNS(=O)(=O)Cc1ccccc1. The van der Waals surface area contributed by atoms with Crippen LogP contribution in [0.2, 0.25) is 0 Å². The molecular formula is C25H31N5O3S. The fraction of sp³-hybridized carbons (Fsp3) is 0.360. The number of aromatic nitrogens is 3. The quantitative estimate of drug-likeness (QED) is 0.299. The summed E-state index contributed by atoms with van der Waals surface area (Å²) in [5.41, 5.74) is 9.53. The average molecular weight is 482 g/mol. The highest BCUT2D eigenvalue weighted by Gasteiger charge is 2.17. The van der Waals surface area contributed by atoms with Crippen LogP contribution < -0.4 is 10.5 Å². The second kappa shape index (κ2) is 10.9. The molecule has 34 heavy (non-hydrogen) atoms.